The quantitative estimate of drug-likeness (QED) is 0.486. The van der Waals surface area contributed by atoms with Crippen LogP contribution in [0.5, 0.6) is 11.5 Å². The molecule has 168 valence electrons. The van der Waals surface area contributed by atoms with Crippen molar-refractivity contribution in [3.8, 4) is 22.8 Å². The number of carbonyl (C=O) groups excluding carboxylic acids is 2. The van der Waals surface area contributed by atoms with E-state index in [1.807, 2.05) is 6.92 Å². The highest BCUT2D eigenvalue weighted by molar-refractivity contribution is 7.14. The second-order valence-corrected chi connectivity index (χ2v) is 7.37. The standard InChI is InChI=1S/C21H22N4O6S/c1-4-9-25-19(27)8-6-15(24-25)20(28)31-11-18(26)23-21-22-16(12-32-21)14-10-13(29-2)5-7-17(14)30-3/h5-8,10,12H,4,9,11H2,1-3H3,(H,22,23,26). The lowest BCUT2D eigenvalue weighted by Gasteiger charge is -2.08. The number of anilines is 1. The molecular formula is C21H22N4O6S. The molecule has 1 aromatic carbocycles. The molecule has 1 N–H and O–H groups in total. The van der Waals surface area contributed by atoms with Crippen molar-refractivity contribution < 1.29 is 23.8 Å². The monoisotopic (exact) mass is 458 g/mol. The molecular weight excluding hydrogens is 436 g/mol. The summed E-state index contributed by atoms with van der Waals surface area (Å²) in [5.74, 6) is -0.102. The smallest absolute Gasteiger partial charge is 0.359 e. The third-order valence-electron chi connectivity index (χ3n) is 4.28. The minimum absolute atomic E-state index is 0.0486. The fourth-order valence-electron chi connectivity index (χ4n) is 2.76. The zero-order valence-corrected chi connectivity index (χ0v) is 18.6. The van der Waals surface area contributed by atoms with Crippen LogP contribution in [0.15, 0.2) is 40.5 Å². The molecule has 11 heteroatoms. The summed E-state index contributed by atoms with van der Waals surface area (Å²) < 4.78 is 16.8. The Morgan fingerprint density at radius 2 is 1.97 bits per heavy atom. The third kappa shape index (κ3) is 5.49. The van der Waals surface area contributed by atoms with Crippen molar-refractivity contribution in [2.75, 3.05) is 26.1 Å². The van der Waals surface area contributed by atoms with Gasteiger partial charge in [0.15, 0.2) is 17.4 Å². The van der Waals surface area contributed by atoms with Gasteiger partial charge >= 0.3 is 5.97 Å². The van der Waals surface area contributed by atoms with E-state index in [0.29, 0.717) is 40.9 Å². The van der Waals surface area contributed by atoms with Crippen molar-refractivity contribution in [2.24, 2.45) is 0 Å². The lowest BCUT2D eigenvalue weighted by molar-refractivity contribution is -0.119. The Hall–Kier alpha value is -3.73. The van der Waals surface area contributed by atoms with Gasteiger partial charge in [-0.05, 0) is 30.7 Å². The number of hydrogen-bond acceptors (Lipinski definition) is 9. The predicted octanol–water partition coefficient (Wildman–Crippen LogP) is 2.59. The lowest BCUT2D eigenvalue weighted by atomic mass is 10.1. The van der Waals surface area contributed by atoms with Gasteiger partial charge in [0.25, 0.3) is 11.5 Å². The van der Waals surface area contributed by atoms with Gasteiger partial charge in [0.05, 0.1) is 19.9 Å². The van der Waals surface area contributed by atoms with Gasteiger partial charge in [0.1, 0.15) is 11.5 Å². The molecule has 0 atom stereocenters. The second-order valence-electron chi connectivity index (χ2n) is 6.51. The number of thiazole rings is 1. The number of esters is 1. The Kier molecular flexibility index (Phi) is 7.55. The molecule has 0 saturated heterocycles. The fraction of sp³-hybridized carbons (Fsp3) is 0.286. The first-order chi connectivity index (χ1) is 15.4. The number of rotatable bonds is 9. The Morgan fingerprint density at radius 3 is 2.69 bits per heavy atom. The molecule has 3 rings (SSSR count). The van der Waals surface area contributed by atoms with Crippen LogP contribution < -0.4 is 20.3 Å². The molecule has 0 aliphatic heterocycles. The molecule has 10 nitrogen and oxygen atoms in total. The largest absolute Gasteiger partial charge is 0.497 e. The summed E-state index contributed by atoms with van der Waals surface area (Å²) in [6.45, 7) is 1.74. The van der Waals surface area contributed by atoms with Gasteiger partial charge in [-0.1, -0.05) is 6.92 Å². The average Bonchev–Trinajstić information content (AvgIpc) is 3.26. The molecule has 2 heterocycles. The van der Waals surface area contributed by atoms with E-state index < -0.39 is 18.5 Å². The van der Waals surface area contributed by atoms with E-state index in [2.05, 4.69) is 15.4 Å². The maximum Gasteiger partial charge on any atom is 0.359 e. The molecule has 0 aliphatic carbocycles. The number of hydrogen-bond donors (Lipinski definition) is 1. The Morgan fingerprint density at radius 1 is 1.16 bits per heavy atom. The second kappa shape index (κ2) is 10.5. The summed E-state index contributed by atoms with van der Waals surface area (Å²) in [6.07, 6.45) is 0.686. The number of carbonyl (C=O) groups is 2. The molecule has 2 aromatic heterocycles. The summed E-state index contributed by atoms with van der Waals surface area (Å²) in [6, 6.07) is 7.83. The molecule has 0 bridgehead atoms. The number of nitrogens with one attached hydrogen (secondary N) is 1. The van der Waals surface area contributed by atoms with Crippen LogP contribution in [0.2, 0.25) is 0 Å². The number of nitrogens with zero attached hydrogens (tertiary/aromatic N) is 3. The van der Waals surface area contributed by atoms with E-state index in [0.717, 1.165) is 0 Å². The van der Waals surface area contributed by atoms with Gasteiger partial charge in [-0.15, -0.1) is 11.3 Å². The highest BCUT2D eigenvalue weighted by Crippen LogP contribution is 2.34. The maximum absolute atomic E-state index is 12.2. The zero-order chi connectivity index (χ0) is 23.1. The third-order valence-corrected chi connectivity index (χ3v) is 5.04. The van der Waals surface area contributed by atoms with E-state index in [9.17, 15) is 14.4 Å². The Labute approximate surface area is 187 Å². The molecule has 0 saturated carbocycles. The zero-order valence-electron chi connectivity index (χ0n) is 17.8. The van der Waals surface area contributed by atoms with Gasteiger partial charge in [-0.2, -0.15) is 5.10 Å². The highest BCUT2D eigenvalue weighted by atomic mass is 32.1. The van der Waals surface area contributed by atoms with Crippen molar-refractivity contribution in [1.29, 1.82) is 0 Å². The highest BCUT2D eigenvalue weighted by Gasteiger charge is 2.16. The van der Waals surface area contributed by atoms with Gasteiger partial charge in [0, 0.05) is 23.6 Å². The van der Waals surface area contributed by atoms with Crippen LogP contribution in [-0.2, 0) is 16.1 Å². The number of amides is 1. The first-order valence-corrected chi connectivity index (χ1v) is 10.6. The molecule has 0 spiro atoms. The van der Waals surface area contributed by atoms with E-state index in [1.54, 1.807) is 37.8 Å². The number of benzene rings is 1. The summed E-state index contributed by atoms with van der Waals surface area (Å²) in [4.78, 5) is 40.5. The predicted molar refractivity (Wildman–Crippen MR) is 118 cm³/mol. The van der Waals surface area contributed by atoms with Crippen LogP contribution in [0.4, 0.5) is 5.13 Å². The molecule has 0 fully saturated rings. The van der Waals surface area contributed by atoms with E-state index in [4.69, 9.17) is 14.2 Å². The van der Waals surface area contributed by atoms with Gasteiger partial charge in [-0.25, -0.2) is 14.5 Å². The van der Waals surface area contributed by atoms with E-state index in [-0.39, 0.29) is 11.3 Å². The first kappa shape index (κ1) is 22.9. The molecule has 1 amide bonds. The van der Waals surface area contributed by atoms with Crippen molar-refractivity contribution in [3.63, 3.8) is 0 Å². The molecule has 0 unspecified atom stereocenters. The number of methoxy groups -OCH3 is 2. The summed E-state index contributed by atoms with van der Waals surface area (Å²) in [5, 5.41) is 8.64. The van der Waals surface area contributed by atoms with Crippen molar-refractivity contribution >= 4 is 28.3 Å². The molecule has 0 radical (unpaired) electrons. The van der Waals surface area contributed by atoms with Gasteiger partial charge in [0.2, 0.25) is 0 Å². The summed E-state index contributed by atoms with van der Waals surface area (Å²) >= 11 is 1.21. The van der Waals surface area contributed by atoms with Crippen LogP contribution in [0.25, 0.3) is 11.3 Å². The minimum Gasteiger partial charge on any atom is -0.497 e. The van der Waals surface area contributed by atoms with Crippen molar-refractivity contribution in [1.82, 2.24) is 14.8 Å². The SMILES string of the molecule is CCCn1nc(C(=O)OCC(=O)Nc2nc(-c3cc(OC)ccc3OC)cs2)ccc1=O. The van der Waals surface area contributed by atoms with Crippen LogP contribution in [0.3, 0.4) is 0 Å². The van der Waals surface area contributed by atoms with Gasteiger partial charge < -0.3 is 14.2 Å². The summed E-state index contributed by atoms with van der Waals surface area (Å²) in [5.41, 5.74) is 0.949. The topological polar surface area (TPSA) is 122 Å². The van der Waals surface area contributed by atoms with E-state index >= 15 is 0 Å². The van der Waals surface area contributed by atoms with E-state index in [1.165, 1.54) is 28.2 Å². The molecule has 3 aromatic rings. The Balaban J connectivity index is 1.62. The van der Waals surface area contributed by atoms with Crippen LogP contribution in [0, 0.1) is 0 Å². The van der Waals surface area contributed by atoms with Crippen LogP contribution >= 0.6 is 11.3 Å². The molecule has 32 heavy (non-hydrogen) atoms. The average molecular weight is 458 g/mol. The lowest BCUT2D eigenvalue weighted by Crippen LogP contribution is -2.26. The normalized spacial score (nSPS) is 10.5. The maximum atomic E-state index is 12.2. The Bertz CT molecular complexity index is 1170. The van der Waals surface area contributed by atoms with Crippen LogP contribution in [-0.4, -0.2) is 47.5 Å². The number of aryl methyl sites for hydroxylation is 1. The van der Waals surface area contributed by atoms with Crippen molar-refractivity contribution in [2.45, 2.75) is 19.9 Å². The van der Waals surface area contributed by atoms with Gasteiger partial charge in [-0.3, -0.25) is 14.9 Å². The minimum atomic E-state index is -0.800. The fourth-order valence-corrected chi connectivity index (χ4v) is 3.49. The summed E-state index contributed by atoms with van der Waals surface area (Å²) in [7, 11) is 3.12. The number of ether oxygens (including phenoxy) is 3. The van der Waals surface area contributed by atoms with Crippen LogP contribution in [0.1, 0.15) is 23.8 Å². The van der Waals surface area contributed by atoms with Crippen molar-refractivity contribution in [3.05, 3.63) is 51.8 Å². The number of aromatic nitrogens is 3. The molecule has 0 aliphatic rings. The first-order valence-electron chi connectivity index (χ1n) is 9.68.